The van der Waals surface area contributed by atoms with E-state index in [9.17, 15) is 9.18 Å². The second kappa shape index (κ2) is 11.1. The summed E-state index contributed by atoms with van der Waals surface area (Å²) in [6, 6.07) is 12.1. The molecule has 35 heavy (non-hydrogen) atoms. The molecule has 3 atom stereocenters. The molecule has 0 bridgehead atoms. The maximum atomic E-state index is 15.1. The van der Waals surface area contributed by atoms with Gasteiger partial charge in [-0.1, -0.05) is 56.8 Å². The van der Waals surface area contributed by atoms with Crippen molar-refractivity contribution in [2.75, 3.05) is 12.4 Å². The number of rotatable bonds is 4. The van der Waals surface area contributed by atoms with Crippen LogP contribution in [0.1, 0.15) is 43.1 Å². The number of fused-ring (bicyclic) bond motifs is 1. The molecule has 4 N–H and O–H groups in total. The number of carbonyl (C=O) groups excluding carboxylic acids is 1. The molecule has 2 aromatic rings. The molecule has 1 fully saturated rings. The topological polar surface area (TPSA) is 101 Å². The fourth-order valence-electron chi connectivity index (χ4n) is 4.38. The van der Waals surface area contributed by atoms with Crippen molar-refractivity contribution >= 4 is 29.1 Å². The largest absolute Gasteiger partial charge is 0.404 e. The van der Waals surface area contributed by atoms with Crippen molar-refractivity contribution in [1.29, 1.82) is 5.41 Å². The summed E-state index contributed by atoms with van der Waals surface area (Å²) in [5.74, 6) is -1.25. The molecule has 0 spiro atoms. The predicted molar refractivity (Wildman–Crippen MR) is 137 cm³/mol. The molecule has 2 aliphatic rings. The molecule has 0 radical (unpaired) electrons. The number of carbonyl (C=O) groups is 1. The summed E-state index contributed by atoms with van der Waals surface area (Å²) in [6.45, 7) is 5.95. The lowest BCUT2D eigenvalue weighted by Gasteiger charge is -2.53. The van der Waals surface area contributed by atoms with E-state index in [0.29, 0.717) is 28.5 Å². The number of hydrogen-bond donors (Lipinski definition) is 3. The number of nitrogens with two attached hydrogens (primary N) is 1. The molecular weight excluding hydrogens is 470 g/mol. The normalized spacial score (nSPS) is 25.9. The summed E-state index contributed by atoms with van der Waals surface area (Å²) >= 11 is 1.36. The van der Waals surface area contributed by atoms with Crippen molar-refractivity contribution in [2.24, 2.45) is 16.1 Å². The minimum atomic E-state index is -1.20. The van der Waals surface area contributed by atoms with Crippen molar-refractivity contribution < 1.29 is 18.3 Å². The highest BCUT2D eigenvalue weighted by molar-refractivity contribution is 8.14. The van der Waals surface area contributed by atoms with Gasteiger partial charge >= 0.3 is 0 Å². The molecule has 0 aromatic heterocycles. The number of aliphatic imine (C=N–C) groups is 1. The van der Waals surface area contributed by atoms with Crippen LogP contribution < -0.4 is 11.1 Å². The zero-order valence-corrected chi connectivity index (χ0v) is 20.8. The number of thioether (sulfide) groups is 1. The van der Waals surface area contributed by atoms with Crippen molar-refractivity contribution in [3.63, 3.8) is 0 Å². The van der Waals surface area contributed by atoms with E-state index >= 15 is 4.39 Å². The summed E-state index contributed by atoms with van der Waals surface area (Å²) in [5, 5.41) is 10.8. The average molecular weight is 501 g/mol. The molecule has 4 rings (SSSR count). The third-order valence-electron chi connectivity index (χ3n) is 6.31. The average Bonchev–Trinajstić information content (AvgIpc) is 2.86. The Kier molecular flexibility index (Phi) is 8.45. The van der Waals surface area contributed by atoms with E-state index in [0.717, 1.165) is 12.3 Å². The smallest absolute Gasteiger partial charge is 0.257 e. The van der Waals surface area contributed by atoms with Crippen LogP contribution >= 0.6 is 11.8 Å². The zero-order valence-electron chi connectivity index (χ0n) is 20.0. The molecule has 2 unspecified atom stereocenters. The Morgan fingerprint density at radius 3 is 2.60 bits per heavy atom. The molecule has 2 aliphatic heterocycles. The first-order valence-corrected chi connectivity index (χ1v) is 12.4. The first-order valence-electron chi connectivity index (χ1n) is 11.4. The van der Waals surface area contributed by atoms with Crippen LogP contribution in [0.25, 0.3) is 0 Å². The Morgan fingerprint density at radius 2 is 1.97 bits per heavy atom. The quantitative estimate of drug-likeness (QED) is 0.514. The summed E-state index contributed by atoms with van der Waals surface area (Å²) < 4.78 is 34.8. The molecule has 1 saturated heterocycles. The fraction of sp³-hybridized carbons (Fsp3) is 0.346. The van der Waals surface area contributed by atoms with E-state index in [1.807, 2.05) is 26.8 Å². The van der Waals surface area contributed by atoms with Gasteiger partial charge in [0.25, 0.3) is 5.91 Å². The van der Waals surface area contributed by atoms with E-state index in [4.69, 9.17) is 20.9 Å². The van der Waals surface area contributed by atoms with Gasteiger partial charge in [0, 0.05) is 46.3 Å². The van der Waals surface area contributed by atoms with Crippen LogP contribution in [0, 0.1) is 22.5 Å². The number of benzene rings is 2. The van der Waals surface area contributed by atoms with Crippen LogP contribution in [-0.2, 0) is 10.3 Å². The van der Waals surface area contributed by atoms with Gasteiger partial charge in [0.1, 0.15) is 17.2 Å². The molecule has 186 valence electrons. The fourth-order valence-corrected chi connectivity index (χ4v) is 5.58. The Morgan fingerprint density at radius 1 is 1.26 bits per heavy atom. The van der Waals surface area contributed by atoms with E-state index in [2.05, 4.69) is 5.32 Å². The highest BCUT2D eigenvalue weighted by Crippen LogP contribution is 2.55. The molecule has 0 aliphatic carbocycles. The minimum Gasteiger partial charge on any atom is -0.404 e. The Hall–Kier alpha value is -3.04. The van der Waals surface area contributed by atoms with Crippen molar-refractivity contribution in [3.8, 4) is 0 Å². The number of amidine groups is 1. The summed E-state index contributed by atoms with van der Waals surface area (Å²) in [7, 11) is 0. The molecule has 0 saturated carbocycles. The Bertz CT molecular complexity index is 1140. The van der Waals surface area contributed by atoms with Crippen molar-refractivity contribution in [2.45, 2.75) is 38.8 Å². The maximum Gasteiger partial charge on any atom is 0.257 e. The molecule has 9 heteroatoms. The van der Waals surface area contributed by atoms with E-state index in [1.165, 1.54) is 30.1 Å². The second-order valence-corrected chi connectivity index (χ2v) is 9.35. The zero-order chi connectivity index (χ0) is 25.6. The number of amides is 1. The van der Waals surface area contributed by atoms with Gasteiger partial charge in [-0.2, -0.15) is 0 Å². The van der Waals surface area contributed by atoms with Crippen molar-refractivity contribution in [3.05, 3.63) is 83.1 Å². The molecule has 6 nitrogen and oxygen atoms in total. The summed E-state index contributed by atoms with van der Waals surface area (Å²) in [5.41, 5.74) is 5.02. The lowest BCUT2D eigenvalue weighted by Crippen LogP contribution is -2.58. The summed E-state index contributed by atoms with van der Waals surface area (Å²) in [4.78, 5) is 17.5. The lowest BCUT2D eigenvalue weighted by molar-refractivity contribution is -0.0781. The van der Waals surface area contributed by atoms with Gasteiger partial charge in [-0.15, -0.1) is 0 Å². The summed E-state index contributed by atoms with van der Waals surface area (Å²) in [6.07, 6.45) is 2.44. The van der Waals surface area contributed by atoms with E-state index in [-0.39, 0.29) is 18.1 Å². The number of nitrogens with one attached hydrogen (secondary N) is 2. The highest BCUT2D eigenvalue weighted by atomic mass is 32.2. The SMILES string of the molecule is CC.CC12CSC(NC(=O)c3ccccc3)=NC1(c1ccc(F)cc1F)CO[C@@H](/C(C=N)=C/N)C2. The van der Waals surface area contributed by atoms with Crippen molar-refractivity contribution in [1.82, 2.24) is 5.32 Å². The number of halogens is 2. The van der Waals surface area contributed by atoms with Crippen LogP contribution in [0.2, 0.25) is 0 Å². The second-order valence-electron chi connectivity index (χ2n) is 8.39. The third kappa shape index (κ3) is 5.16. The molecule has 1 amide bonds. The van der Waals surface area contributed by atoms with Crippen LogP contribution in [0.4, 0.5) is 8.78 Å². The lowest BCUT2D eigenvalue weighted by atomic mass is 9.63. The Balaban J connectivity index is 0.00000167. The molecule has 2 heterocycles. The third-order valence-corrected chi connectivity index (χ3v) is 7.56. The van der Waals surface area contributed by atoms with Gasteiger partial charge in [-0.25, -0.2) is 13.8 Å². The first kappa shape index (κ1) is 26.6. The maximum absolute atomic E-state index is 15.1. The van der Waals surface area contributed by atoms with E-state index in [1.54, 1.807) is 24.3 Å². The van der Waals surface area contributed by atoms with Gasteiger partial charge in [0.2, 0.25) is 0 Å². The van der Waals surface area contributed by atoms with Gasteiger partial charge in [0.05, 0.1) is 12.7 Å². The van der Waals surface area contributed by atoms with Gasteiger partial charge in [-0.05, 0) is 24.6 Å². The van der Waals surface area contributed by atoms with Crippen LogP contribution in [0.15, 0.2) is 65.3 Å². The number of nitrogens with zero attached hydrogens (tertiary/aromatic N) is 1. The predicted octanol–water partition coefficient (Wildman–Crippen LogP) is 5.01. The van der Waals surface area contributed by atoms with Crippen LogP contribution in [0.3, 0.4) is 0 Å². The van der Waals surface area contributed by atoms with Gasteiger partial charge in [0.15, 0.2) is 5.17 Å². The van der Waals surface area contributed by atoms with Gasteiger partial charge in [-0.3, -0.25) is 4.79 Å². The van der Waals surface area contributed by atoms with Crippen LogP contribution in [0.5, 0.6) is 0 Å². The molecular formula is C26H30F2N4O2S. The first-order chi connectivity index (χ1) is 16.8. The number of hydrogen-bond acceptors (Lipinski definition) is 6. The minimum absolute atomic E-state index is 0.0207. The highest BCUT2D eigenvalue weighted by Gasteiger charge is 2.57. The number of ether oxygens (including phenoxy) is 1. The Labute approximate surface area is 208 Å². The van der Waals surface area contributed by atoms with E-state index < -0.39 is 28.7 Å². The standard InChI is InChI=1S/C24H24F2N4O2S.C2H6/c1-23-10-20(16(11-27)12-28)32-13-24(23,18-8-7-17(25)9-19(18)26)30-22(33-14-23)29-21(31)15-5-3-2-4-6-15;1-2/h2-9,11-12,20,27H,10,13-14,28H2,1H3,(H,29,30,31);1-2H3/b16-12+,27-11?;/t20-,23?,24?;/m1./s1. The molecule has 2 aromatic carbocycles. The van der Waals surface area contributed by atoms with Crippen LogP contribution in [-0.4, -0.2) is 35.8 Å². The van der Waals surface area contributed by atoms with Gasteiger partial charge < -0.3 is 21.2 Å². The monoisotopic (exact) mass is 500 g/mol.